The summed E-state index contributed by atoms with van der Waals surface area (Å²) in [6.45, 7) is 3.52. The van der Waals surface area contributed by atoms with Crippen LogP contribution >= 0.6 is 0 Å². The summed E-state index contributed by atoms with van der Waals surface area (Å²) in [5.74, 6) is 0.490. The Labute approximate surface area is 122 Å². The van der Waals surface area contributed by atoms with E-state index in [0.29, 0.717) is 22.6 Å². The lowest BCUT2D eigenvalue weighted by atomic mass is 10.1. The summed E-state index contributed by atoms with van der Waals surface area (Å²) in [6.07, 6.45) is 1.13. The third kappa shape index (κ3) is 3.17. The fraction of sp³-hybridized carbons (Fsp3) is 0.214. The van der Waals surface area contributed by atoms with Crippen LogP contribution in [-0.2, 0) is 9.84 Å². The van der Waals surface area contributed by atoms with Crippen LogP contribution in [0, 0.1) is 25.2 Å². The van der Waals surface area contributed by atoms with E-state index in [0.717, 1.165) is 6.26 Å². The predicted octanol–water partition coefficient (Wildman–Crippen LogP) is 2.16. The highest BCUT2D eigenvalue weighted by atomic mass is 32.2. The zero-order chi connectivity index (χ0) is 15.6. The van der Waals surface area contributed by atoms with Gasteiger partial charge in [-0.15, -0.1) is 5.10 Å². The van der Waals surface area contributed by atoms with Crippen molar-refractivity contribution in [3.05, 3.63) is 41.1 Å². The van der Waals surface area contributed by atoms with E-state index in [9.17, 15) is 13.7 Å². The van der Waals surface area contributed by atoms with Crippen LogP contribution in [0.15, 0.2) is 29.2 Å². The van der Waals surface area contributed by atoms with Crippen LogP contribution in [0.1, 0.15) is 16.8 Å². The lowest BCUT2D eigenvalue weighted by molar-refractivity contribution is 0.451. The highest BCUT2D eigenvalue weighted by Crippen LogP contribution is 2.26. The molecule has 0 fully saturated rings. The van der Waals surface area contributed by atoms with Gasteiger partial charge < -0.3 is 4.74 Å². The SMILES string of the molecule is Cc1nnc(Oc2ccc(S(C)(=O)=O)cc2)c(C#N)c1C. The predicted molar refractivity (Wildman–Crippen MR) is 75.8 cm³/mol. The Morgan fingerprint density at radius 3 is 2.29 bits per heavy atom. The monoisotopic (exact) mass is 303 g/mol. The molecule has 0 atom stereocenters. The second-order valence-corrected chi connectivity index (χ2v) is 6.56. The number of nitriles is 1. The van der Waals surface area contributed by atoms with E-state index < -0.39 is 9.84 Å². The molecule has 1 aromatic carbocycles. The molecule has 2 aromatic rings. The Hall–Kier alpha value is -2.46. The van der Waals surface area contributed by atoms with E-state index in [1.54, 1.807) is 13.8 Å². The molecule has 0 amide bonds. The zero-order valence-electron chi connectivity index (χ0n) is 11.8. The number of aromatic nitrogens is 2. The highest BCUT2D eigenvalue weighted by molar-refractivity contribution is 7.90. The van der Waals surface area contributed by atoms with Gasteiger partial charge in [0.05, 0.1) is 10.6 Å². The van der Waals surface area contributed by atoms with E-state index in [4.69, 9.17) is 4.74 Å². The van der Waals surface area contributed by atoms with Crippen molar-refractivity contribution in [2.45, 2.75) is 18.7 Å². The van der Waals surface area contributed by atoms with Gasteiger partial charge >= 0.3 is 0 Å². The topological polar surface area (TPSA) is 92.9 Å². The van der Waals surface area contributed by atoms with Crippen LogP contribution in [0.5, 0.6) is 11.6 Å². The van der Waals surface area contributed by atoms with Crippen molar-refractivity contribution in [2.24, 2.45) is 0 Å². The summed E-state index contributed by atoms with van der Waals surface area (Å²) in [5, 5.41) is 17.0. The Morgan fingerprint density at radius 1 is 1.14 bits per heavy atom. The van der Waals surface area contributed by atoms with Crippen molar-refractivity contribution in [3.8, 4) is 17.7 Å². The minimum absolute atomic E-state index is 0.104. The number of aryl methyl sites for hydroxylation is 1. The maximum atomic E-state index is 11.4. The maximum Gasteiger partial charge on any atom is 0.257 e. The molecule has 21 heavy (non-hydrogen) atoms. The molecule has 2 rings (SSSR count). The summed E-state index contributed by atoms with van der Waals surface area (Å²) in [7, 11) is -3.25. The van der Waals surface area contributed by atoms with Crippen LogP contribution in [0.2, 0.25) is 0 Å². The molecule has 6 nitrogen and oxygen atoms in total. The first kappa shape index (κ1) is 14.9. The van der Waals surface area contributed by atoms with E-state index in [1.165, 1.54) is 24.3 Å². The van der Waals surface area contributed by atoms with Crippen molar-refractivity contribution in [3.63, 3.8) is 0 Å². The quantitative estimate of drug-likeness (QED) is 0.862. The third-order valence-corrected chi connectivity index (χ3v) is 4.13. The fourth-order valence-corrected chi connectivity index (χ4v) is 2.29. The van der Waals surface area contributed by atoms with Crippen LogP contribution in [0.25, 0.3) is 0 Å². The Balaban J connectivity index is 2.36. The molecule has 0 aliphatic carbocycles. The molecule has 0 bridgehead atoms. The van der Waals surface area contributed by atoms with Crippen molar-refractivity contribution in [1.82, 2.24) is 10.2 Å². The first-order valence-corrected chi connectivity index (χ1v) is 7.94. The van der Waals surface area contributed by atoms with Gasteiger partial charge in [0.15, 0.2) is 9.84 Å². The maximum absolute atomic E-state index is 11.4. The highest BCUT2D eigenvalue weighted by Gasteiger charge is 2.13. The normalized spacial score (nSPS) is 11.0. The average molecular weight is 303 g/mol. The Bertz CT molecular complexity index is 822. The summed E-state index contributed by atoms with van der Waals surface area (Å²) >= 11 is 0. The molecular formula is C14H13N3O3S. The number of hydrogen-bond acceptors (Lipinski definition) is 6. The number of rotatable bonds is 3. The molecule has 0 N–H and O–H groups in total. The number of ether oxygens (including phenoxy) is 1. The molecule has 0 aliphatic heterocycles. The van der Waals surface area contributed by atoms with E-state index in [2.05, 4.69) is 10.2 Å². The first-order valence-electron chi connectivity index (χ1n) is 6.05. The third-order valence-electron chi connectivity index (χ3n) is 3.00. The Kier molecular flexibility index (Phi) is 3.91. The van der Waals surface area contributed by atoms with E-state index in [-0.39, 0.29) is 10.8 Å². The van der Waals surface area contributed by atoms with Gasteiger partial charge in [-0.2, -0.15) is 10.4 Å². The van der Waals surface area contributed by atoms with Crippen LogP contribution < -0.4 is 4.74 Å². The molecule has 0 aliphatic rings. The summed E-state index contributed by atoms with van der Waals surface area (Å²) in [6, 6.07) is 7.93. The van der Waals surface area contributed by atoms with Gasteiger partial charge in [0.25, 0.3) is 5.88 Å². The smallest absolute Gasteiger partial charge is 0.257 e. The average Bonchev–Trinajstić information content (AvgIpc) is 2.43. The summed E-state index contributed by atoms with van der Waals surface area (Å²) < 4.78 is 28.3. The molecule has 108 valence electrons. The number of nitrogens with zero attached hydrogens (tertiary/aromatic N) is 3. The number of benzene rings is 1. The molecule has 0 spiro atoms. The second-order valence-electron chi connectivity index (χ2n) is 4.55. The molecule has 7 heteroatoms. The number of sulfone groups is 1. The minimum Gasteiger partial charge on any atom is -0.437 e. The van der Waals surface area contributed by atoms with Crippen molar-refractivity contribution >= 4 is 9.84 Å². The van der Waals surface area contributed by atoms with Gasteiger partial charge in [-0.25, -0.2) is 8.42 Å². The van der Waals surface area contributed by atoms with Gasteiger partial charge in [-0.3, -0.25) is 0 Å². The van der Waals surface area contributed by atoms with Crippen molar-refractivity contribution in [2.75, 3.05) is 6.26 Å². The van der Waals surface area contributed by atoms with Gasteiger partial charge in [0, 0.05) is 6.26 Å². The van der Waals surface area contributed by atoms with E-state index >= 15 is 0 Å². The molecule has 1 aromatic heterocycles. The van der Waals surface area contributed by atoms with Gasteiger partial charge in [0.2, 0.25) is 0 Å². The summed E-state index contributed by atoms with van der Waals surface area (Å²) in [4.78, 5) is 0.196. The standard InChI is InChI=1S/C14H13N3O3S/c1-9-10(2)16-17-14(13(9)8-15)20-11-4-6-12(7-5-11)21(3,18)19/h4-7H,1-3H3. The fourth-order valence-electron chi connectivity index (χ4n) is 1.66. The van der Waals surface area contributed by atoms with Gasteiger partial charge in [-0.1, -0.05) is 0 Å². The van der Waals surface area contributed by atoms with Crippen molar-refractivity contribution < 1.29 is 13.2 Å². The molecular weight excluding hydrogens is 290 g/mol. The van der Waals surface area contributed by atoms with E-state index in [1.807, 2.05) is 6.07 Å². The zero-order valence-corrected chi connectivity index (χ0v) is 12.6. The van der Waals surface area contributed by atoms with Crippen LogP contribution in [0.3, 0.4) is 0 Å². The first-order chi connectivity index (χ1) is 9.82. The Morgan fingerprint density at radius 2 is 1.76 bits per heavy atom. The van der Waals surface area contributed by atoms with Crippen molar-refractivity contribution in [1.29, 1.82) is 5.26 Å². The summed E-state index contributed by atoms with van der Waals surface area (Å²) in [5.41, 5.74) is 1.68. The lowest BCUT2D eigenvalue weighted by Crippen LogP contribution is -2.01. The second kappa shape index (κ2) is 5.50. The minimum atomic E-state index is -3.25. The molecule has 0 saturated carbocycles. The van der Waals surface area contributed by atoms with Crippen LogP contribution in [0.4, 0.5) is 0 Å². The lowest BCUT2D eigenvalue weighted by Gasteiger charge is -2.08. The molecule has 1 heterocycles. The molecule has 0 unspecified atom stereocenters. The van der Waals surface area contributed by atoms with Gasteiger partial charge in [0.1, 0.15) is 17.4 Å². The molecule has 0 radical (unpaired) electrons. The van der Waals surface area contributed by atoms with Gasteiger partial charge in [-0.05, 0) is 43.7 Å². The largest absolute Gasteiger partial charge is 0.437 e. The number of hydrogen-bond donors (Lipinski definition) is 0. The van der Waals surface area contributed by atoms with Crippen LogP contribution in [-0.4, -0.2) is 24.9 Å². The molecule has 0 saturated heterocycles.